The minimum Gasteiger partial charge on any atom is -0.478 e. The highest BCUT2D eigenvalue weighted by Gasteiger charge is 2.20. The van der Waals surface area contributed by atoms with E-state index in [0.29, 0.717) is 18.8 Å². The van der Waals surface area contributed by atoms with Crippen molar-refractivity contribution in [1.29, 1.82) is 0 Å². The maximum Gasteiger partial charge on any atom is 0.337 e. The van der Waals surface area contributed by atoms with Crippen molar-refractivity contribution >= 4 is 29.3 Å². The first-order valence-corrected chi connectivity index (χ1v) is 5.86. The summed E-state index contributed by atoms with van der Waals surface area (Å²) in [6.07, 6.45) is 2.55. The zero-order chi connectivity index (χ0) is 13.1. The number of anilines is 1. The topological polar surface area (TPSA) is 91.3 Å². The quantitative estimate of drug-likeness (QED) is 0.762. The van der Waals surface area contributed by atoms with Crippen molar-refractivity contribution in [2.24, 2.45) is 0 Å². The second-order valence-electron chi connectivity index (χ2n) is 4.04. The molecule has 0 aliphatic carbocycles. The molecule has 1 aromatic rings. The molecule has 1 amide bonds. The molecule has 0 bridgehead atoms. The number of aromatic nitrogens is 1. The molecule has 1 aliphatic heterocycles. The number of hydrogen-bond acceptors (Lipinski definition) is 4. The van der Waals surface area contributed by atoms with E-state index < -0.39 is 5.97 Å². The third-order valence-electron chi connectivity index (χ3n) is 2.69. The van der Waals surface area contributed by atoms with Gasteiger partial charge in [-0.3, -0.25) is 4.79 Å². The van der Waals surface area contributed by atoms with E-state index in [9.17, 15) is 9.59 Å². The van der Waals surface area contributed by atoms with Crippen molar-refractivity contribution in [3.63, 3.8) is 0 Å². The van der Waals surface area contributed by atoms with Gasteiger partial charge in [0.15, 0.2) is 0 Å². The number of carbonyl (C=O) groups is 2. The van der Waals surface area contributed by atoms with Gasteiger partial charge in [-0.05, 0) is 12.5 Å². The molecule has 0 aromatic carbocycles. The first-order chi connectivity index (χ1) is 8.56. The van der Waals surface area contributed by atoms with Crippen LogP contribution in [0.4, 0.5) is 5.82 Å². The van der Waals surface area contributed by atoms with Gasteiger partial charge in [0, 0.05) is 25.2 Å². The molecule has 1 fully saturated rings. The van der Waals surface area contributed by atoms with Crippen molar-refractivity contribution in [1.82, 2.24) is 10.3 Å². The molecule has 3 N–H and O–H groups in total. The van der Waals surface area contributed by atoms with Crippen molar-refractivity contribution in [2.45, 2.75) is 18.9 Å². The molecule has 1 aliphatic rings. The average molecular weight is 270 g/mol. The van der Waals surface area contributed by atoms with E-state index in [1.807, 2.05) is 0 Å². The Kier molecular flexibility index (Phi) is 3.66. The van der Waals surface area contributed by atoms with Gasteiger partial charge in [0.25, 0.3) is 0 Å². The van der Waals surface area contributed by atoms with Crippen LogP contribution in [0.15, 0.2) is 12.3 Å². The molecule has 1 saturated heterocycles. The Morgan fingerprint density at radius 2 is 2.44 bits per heavy atom. The summed E-state index contributed by atoms with van der Waals surface area (Å²) in [5.74, 6) is -0.607. The number of pyridine rings is 1. The lowest BCUT2D eigenvalue weighted by Gasteiger charge is -2.12. The third-order valence-corrected chi connectivity index (χ3v) is 2.98. The van der Waals surface area contributed by atoms with Gasteiger partial charge >= 0.3 is 5.97 Å². The second-order valence-corrected chi connectivity index (χ2v) is 4.45. The van der Waals surface area contributed by atoms with Gasteiger partial charge in [-0.25, -0.2) is 9.78 Å². The lowest BCUT2D eigenvalue weighted by Crippen LogP contribution is -2.32. The predicted octanol–water partition coefficient (Wildman–Crippen LogP) is 1.12. The van der Waals surface area contributed by atoms with E-state index in [4.69, 9.17) is 16.7 Å². The molecule has 2 heterocycles. The van der Waals surface area contributed by atoms with Crippen LogP contribution in [0.3, 0.4) is 0 Å². The minimum absolute atomic E-state index is 0.0414. The maximum absolute atomic E-state index is 11.0. The van der Waals surface area contributed by atoms with Crippen molar-refractivity contribution in [3.05, 3.63) is 22.8 Å². The smallest absolute Gasteiger partial charge is 0.337 e. The molecule has 96 valence electrons. The van der Waals surface area contributed by atoms with Crippen molar-refractivity contribution in [2.75, 3.05) is 11.9 Å². The van der Waals surface area contributed by atoms with Crippen LogP contribution in [-0.2, 0) is 4.79 Å². The van der Waals surface area contributed by atoms with Gasteiger partial charge in [-0.1, -0.05) is 11.6 Å². The molecule has 7 heteroatoms. The van der Waals surface area contributed by atoms with Crippen LogP contribution in [0.1, 0.15) is 23.2 Å². The lowest BCUT2D eigenvalue weighted by molar-refractivity contribution is -0.119. The molecule has 2 rings (SSSR count). The number of rotatable bonds is 4. The van der Waals surface area contributed by atoms with Gasteiger partial charge in [0.1, 0.15) is 5.82 Å². The molecule has 1 unspecified atom stereocenters. The van der Waals surface area contributed by atoms with Gasteiger partial charge in [0.05, 0.1) is 10.6 Å². The Balaban J connectivity index is 1.97. The van der Waals surface area contributed by atoms with Crippen LogP contribution < -0.4 is 10.6 Å². The normalized spacial score (nSPS) is 18.5. The number of carbonyl (C=O) groups excluding carboxylic acids is 1. The van der Waals surface area contributed by atoms with Crippen LogP contribution >= 0.6 is 11.6 Å². The van der Waals surface area contributed by atoms with Crippen molar-refractivity contribution < 1.29 is 14.7 Å². The fraction of sp³-hybridized carbons (Fsp3) is 0.364. The highest BCUT2D eigenvalue weighted by molar-refractivity contribution is 6.33. The van der Waals surface area contributed by atoms with Gasteiger partial charge < -0.3 is 15.7 Å². The maximum atomic E-state index is 11.0. The summed E-state index contributed by atoms with van der Waals surface area (Å²) in [4.78, 5) is 25.6. The summed E-state index contributed by atoms with van der Waals surface area (Å²) in [5, 5.41) is 14.8. The SMILES string of the molecule is O=C1CCC(CNc2ncc(C(=O)O)cc2Cl)N1. The summed E-state index contributed by atoms with van der Waals surface area (Å²) in [6.45, 7) is 0.519. The molecule has 1 atom stereocenters. The zero-order valence-electron chi connectivity index (χ0n) is 9.44. The average Bonchev–Trinajstić information content (AvgIpc) is 2.73. The number of amides is 1. The molecule has 18 heavy (non-hydrogen) atoms. The molecule has 0 radical (unpaired) electrons. The third kappa shape index (κ3) is 2.89. The molecular formula is C11H12ClN3O3. The highest BCUT2D eigenvalue weighted by atomic mass is 35.5. The Bertz CT molecular complexity index is 492. The highest BCUT2D eigenvalue weighted by Crippen LogP contribution is 2.20. The van der Waals surface area contributed by atoms with E-state index in [2.05, 4.69) is 15.6 Å². The van der Waals surface area contributed by atoms with Crippen LogP contribution in [0.5, 0.6) is 0 Å². The number of carboxylic acid groups (broad SMARTS) is 1. The van der Waals surface area contributed by atoms with Crippen LogP contribution in [-0.4, -0.2) is 34.6 Å². The fourth-order valence-corrected chi connectivity index (χ4v) is 1.97. The van der Waals surface area contributed by atoms with E-state index in [1.165, 1.54) is 12.3 Å². The summed E-state index contributed by atoms with van der Waals surface area (Å²) in [6, 6.07) is 1.40. The Hall–Kier alpha value is -1.82. The van der Waals surface area contributed by atoms with Crippen LogP contribution in [0, 0.1) is 0 Å². The van der Waals surface area contributed by atoms with E-state index in [-0.39, 0.29) is 22.5 Å². The number of hydrogen-bond donors (Lipinski definition) is 3. The number of nitrogens with zero attached hydrogens (tertiary/aromatic N) is 1. The number of nitrogens with one attached hydrogen (secondary N) is 2. The number of aromatic carboxylic acids is 1. The summed E-state index contributed by atoms with van der Waals surface area (Å²) in [7, 11) is 0. The Labute approximate surface area is 108 Å². The molecule has 0 saturated carbocycles. The molecular weight excluding hydrogens is 258 g/mol. The standard InChI is InChI=1S/C11H12ClN3O3/c12-8-3-6(11(17)18)4-13-10(8)14-5-7-1-2-9(16)15-7/h3-4,7H,1-2,5H2,(H,13,14)(H,15,16)(H,17,18). The van der Waals surface area contributed by atoms with Crippen LogP contribution in [0.2, 0.25) is 5.02 Å². The van der Waals surface area contributed by atoms with Crippen molar-refractivity contribution in [3.8, 4) is 0 Å². The minimum atomic E-state index is -1.07. The predicted molar refractivity (Wildman–Crippen MR) is 65.9 cm³/mol. The van der Waals surface area contributed by atoms with E-state index in [0.717, 1.165) is 6.42 Å². The summed E-state index contributed by atoms with van der Waals surface area (Å²) >= 11 is 5.91. The summed E-state index contributed by atoms with van der Waals surface area (Å²) in [5.41, 5.74) is 0.0414. The lowest BCUT2D eigenvalue weighted by atomic mass is 10.2. The second kappa shape index (κ2) is 5.22. The van der Waals surface area contributed by atoms with E-state index in [1.54, 1.807) is 0 Å². The van der Waals surface area contributed by atoms with E-state index >= 15 is 0 Å². The Morgan fingerprint density at radius 1 is 1.67 bits per heavy atom. The van der Waals surface area contributed by atoms with Gasteiger partial charge in [0.2, 0.25) is 5.91 Å². The zero-order valence-corrected chi connectivity index (χ0v) is 10.2. The number of halogens is 1. The first kappa shape index (κ1) is 12.6. The molecule has 1 aromatic heterocycles. The largest absolute Gasteiger partial charge is 0.478 e. The summed E-state index contributed by atoms with van der Waals surface area (Å²) < 4.78 is 0. The number of carboxylic acids is 1. The fourth-order valence-electron chi connectivity index (χ4n) is 1.74. The van der Waals surface area contributed by atoms with Gasteiger partial charge in [-0.15, -0.1) is 0 Å². The molecule has 6 nitrogen and oxygen atoms in total. The molecule has 0 spiro atoms. The Morgan fingerprint density at radius 3 is 3.00 bits per heavy atom. The first-order valence-electron chi connectivity index (χ1n) is 5.48. The van der Waals surface area contributed by atoms with Crippen LogP contribution in [0.25, 0.3) is 0 Å². The van der Waals surface area contributed by atoms with Gasteiger partial charge in [-0.2, -0.15) is 0 Å². The monoisotopic (exact) mass is 269 g/mol.